The molecule has 0 aromatic rings. The number of rotatable bonds is 7. The zero-order chi connectivity index (χ0) is 12.1. The van der Waals surface area contributed by atoms with Crippen LogP contribution in [-0.2, 0) is 23.2 Å². The van der Waals surface area contributed by atoms with Crippen LogP contribution in [-0.4, -0.2) is 42.4 Å². The van der Waals surface area contributed by atoms with Crippen molar-refractivity contribution in [1.29, 1.82) is 0 Å². The molecule has 0 saturated carbocycles. The normalized spacial score (nSPS) is 13.5. The summed E-state index contributed by atoms with van der Waals surface area (Å²) in [5.41, 5.74) is 0. The number of carboxylic acids is 2. The highest BCUT2D eigenvalue weighted by molar-refractivity contribution is 7.51. The molecule has 0 aromatic carbocycles. The molecule has 0 aliphatic heterocycles. The van der Waals surface area contributed by atoms with Crippen molar-refractivity contribution in [1.82, 2.24) is 5.09 Å². The average molecular weight is 241 g/mol. The smallest absolute Gasteiger partial charge is 0.405 e. The lowest BCUT2D eigenvalue weighted by molar-refractivity contribution is -0.145. The number of aliphatic carboxylic acids is 2. The van der Waals surface area contributed by atoms with E-state index in [9.17, 15) is 14.2 Å². The summed E-state index contributed by atoms with van der Waals surface area (Å²) in [4.78, 5) is 20.9. The van der Waals surface area contributed by atoms with Crippen LogP contribution < -0.4 is 5.09 Å². The molecule has 0 radical (unpaired) electrons. The van der Waals surface area contributed by atoms with Crippen molar-refractivity contribution in [3.8, 4) is 0 Å². The Labute approximate surface area is 85.8 Å². The average Bonchev–Trinajstić information content (AvgIpc) is 2.16. The molecule has 88 valence electrons. The van der Waals surface area contributed by atoms with E-state index < -0.39 is 32.1 Å². The van der Waals surface area contributed by atoms with Gasteiger partial charge in [-0.3, -0.25) is 9.59 Å². The maximum absolute atomic E-state index is 11.4. The van der Waals surface area contributed by atoms with Gasteiger partial charge >= 0.3 is 19.7 Å². The molecule has 0 rings (SSSR count). The van der Waals surface area contributed by atoms with Gasteiger partial charge in [-0.05, 0) is 0 Å². The van der Waals surface area contributed by atoms with Crippen molar-refractivity contribution in [3.63, 3.8) is 0 Å². The molecular formula is C6H12NO7P. The van der Waals surface area contributed by atoms with E-state index in [1.165, 1.54) is 0 Å². The number of carboxylic acid groups (broad SMARTS) is 2. The minimum absolute atomic E-state index is 0.730. The van der Waals surface area contributed by atoms with Crippen LogP contribution >= 0.6 is 7.75 Å². The van der Waals surface area contributed by atoms with Gasteiger partial charge in [-0.15, -0.1) is 0 Å². The second-order valence-electron chi connectivity index (χ2n) is 2.48. The highest BCUT2D eigenvalue weighted by Crippen LogP contribution is 2.42. The second kappa shape index (κ2) is 5.82. The van der Waals surface area contributed by atoms with Gasteiger partial charge < -0.3 is 19.3 Å². The Morgan fingerprint density at radius 3 is 2.07 bits per heavy atom. The Bertz CT molecular complexity index is 283. The molecule has 0 heterocycles. The van der Waals surface area contributed by atoms with E-state index in [0.717, 1.165) is 14.2 Å². The molecule has 9 heteroatoms. The maximum Gasteiger partial charge on any atom is 0.405 e. The van der Waals surface area contributed by atoms with Crippen molar-refractivity contribution < 1.29 is 33.4 Å². The molecule has 0 aliphatic carbocycles. The summed E-state index contributed by atoms with van der Waals surface area (Å²) in [6.45, 7) is 0. The van der Waals surface area contributed by atoms with Crippen molar-refractivity contribution in [3.05, 3.63) is 0 Å². The van der Waals surface area contributed by atoms with Crippen molar-refractivity contribution in [2.24, 2.45) is 0 Å². The van der Waals surface area contributed by atoms with E-state index in [1.54, 1.807) is 0 Å². The summed E-state index contributed by atoms with van der Waals surface area (Å²) in [6.07, 6.45) is -0.730. The van der Waals surface area contributed by atoms with Crippen LogP contribution in [0.15, 0.2) is 0 Å². The largest absolute Gasteiger partial charge is 0.481 e. The third-order valence-corrected chi connectivity index (χ3v) is 3.06. The first-order valence-electron chi connectivity index (χ1n) is 3.78. The molecule has 0 aliphatic rings. The summed E-state index contributed by atoms with van der Waals surface area (Å²) in [5.74, 6) is -2.79. The van der Waals surface area contributed by atoms with Crippen LogP contribution in [0, 0.1) is 0 Å². The predicted molar refractivity (Wildman–Crippen MR) is 48.4 cm³/mol. The number of nitrogens with one attached hydrogen (secondary N) is 1. The molecule has 0 amide bonds. The Morgan fingerprint density at radius 1 is 1.33 bits per heavy atom. The SMILES string of the molecule is COP(=O)(NC(CC(=O)O)C(=O)O)OC. The van der Waals surface area contributed by atoms with E-state index in [0.29, 0.717) is 0 Å². The van der Waals surface area contributed by atoms with Crippen LogP contribution in [0.5, 0.6) is 0 Å². The lowest BCUT2D eigenvalue weighted by Gasteiger charge is -2.18. The van der Waals surface area contributed by atoms with Gasteiger partial charge in [0.1, 0.15) is 6.04 Å². The lowest BCUT2D eigenvalue weighted by atomic mass is 10.2. The van der Waals surface area contributed by atoms with E-state index in [-0.39, 0.29) is 0 Å². The predicted octanol–water partition coefficient (Wildman–Crippen LogP) is -0.0952. The van der Waals surface area contributed by atoms with Crippen molar-refractivity contribution >= 4 is 19.7 Å². The summed E-state index contributed by atoms with van der Waals surface area (Å²) < 4.78 is 20.3. The fraction of sp³-hybridized carbons (Fsp3) is 0.667. The van der Waals surface area contributed by atoms with Crippen molar-refractivity contribution in [2.45, 2.75) is 12.5 Å². The first-order valence-corrected chi connectivity index (χ1v) is 5.33. The minimum Gasteiger partial charge on any atom is -0.481 e. The summed E-state index contributed by atoms with van der Waals surface area (Å²) >= 11 is 0. The molecule has 0 saturated heterocycles. The zero-order valence-electron chi connectivity index (χ0n) is 8.17. The van der Waals surface area contributed by atoms with Crippen LogP contribution in [0.2, 0.25) is 0 Å². The van der Waals surface area contributed by atoms with E-state index in [4.69, 9.17) is 10.2 Å². The van der Waals surface area contributed by atoms with Crippen LogP contribution in [0.25, 0.3) is 0 Å². The van der Waals surface area contributed by atoms with Gasteiger partial charge in [-0.25, -0.2) is 9.65 Å². The Balaban J connectivity index is 4.60. The van der Waals surface area contributed by atoms with Gasteiger partial charge in [-0.1, -0.05) is 0 Å². The second-order valence-corrected chi connectivity index (χ2v) is 4.46. The quantitative estimate of drug-likeness (QED) is 0.528. The first kappa shape index (κ1) is 14.1. The van der Waals surface area contributed by atoms with Gasteiger partial charge in [-0.2, -0.15) is 0 Å². The third kappa shape index (κ3) is 4.89. The fourth-order valence-corrected chi connectivity index (χ4v) is 1.68. The van der Waals surface area contributed by atoms with Crippen LogP contribution in [0.4, 0.5) is 0 Å². The third-order valence-electron chi connectivity index (χ3n) is 1.47. The van der Waals surface area contributed by atoms with Gasteiger partial charge in [0.2, 0.25) is 0 Å². The van der Waals surface area contributed by atoms with E-state index >= 15 is 0 Å². The van der Waals surface area contributed by atoms with E-state index in [1.807, 2.05) is 5.09 Å². The Hall–Kier alpha value is -0.950. The lowest BCUT2D eigenvalue weighted by Crippen LogP contribution is -2.37. The monoisotopic (exact) mass is 241 g/mol. The molecule has 1 atom stereocenters. The van der Waals surface area contributed by atoms with Gasteiger partial charge in [0.15, 0.2) is 0 Å². The topological polar surface area (TPSA) is 122 Å². The van der Waals surface area contributed by atoms with Gasteiger partial charge in [0.05, 0.1) is 6.42 Å². The van der Waals surface area contributed by atoms with Crippen LogP contribution in [0.3, 0.4) is 0 Å². The molecular weight excluding hydrogens is 229 g/mol. The summed E-state index contributed by atoms with van der Waals surface area (Å²) in [5, 5.41) is 19.0. The number of hydrogen-bond acceptors (Lipinski definition) is 5. The minimum atomic E-state index is -3.74. The molecule has 1 unspecified atom stereocenters. The van der Waals surface area contributed by atoms with Crippen molar-refractivity contribution in [2.75, 3.05) is 14.2 Å². The van der Waals surface area contributed by atoms with Gasteiger partial charge in [0.25, 0.3) is 0 Å². The number of hydrogen-bond donors (Lipinski definition) is 3. The molecule has 15 heavy (non-hydrogen) atoms. The molecule has 0 spiro atoms. The standard InChI is InChI=1S/C6H12NO7P/c1-13-15(12,14-2)7-4(6(10)11)3-5(8)9/h4H,3H2,1-2H3,(H,7,12)(H,8,9)(H,10,11). The maximum atomic E-state index is 11.4. The molecule has 0 aromatic heterocycles. The van der Waals surface area contributed by atoms with Gasteiger partial charge in [0, 0.05) is 14.2 Å². The Kier molecular flexibility index (Phi) is 5.45. The molecule has 3 N–H and O–H groups in total. The highest BCUT2D eigenvalue weighted by atomic mass is 31.2. The molecule has 8 nitrogen and oxygen atoms in total. The number of carbonyl (C=O) groups is 2. The molecule has 0 fully saturated rings. The molecule has 0 bridgehead atoms. The highest BCUT2D eigenvalue weighted by Gasteiger charge is 2.31. The zero-order valence-corrected chi connectivity index (χ0v) is 9.06. The fourth-order valence-electron chi connectivity index (χ4n) is 0.734. The van der Waals surface area contributed by atoms with Crippen LogP contribution in [0.1, 0.15) is 6.42 Å². The summed E-state index contributed by atoms with van der Waals surface area (Å²) in [7, 11) is -1.64. The Morgan fingerprint density at radius 2 is 1.80 bits per heavy atom. The summed E-state index contributed by atoms with van der Waals surface area (Å²) in [6, 6.07) is -1.53. The van der Waals surface area contributed by atoms with E-state index in [2.05, 4.69) is 9.05 Å². The first-order chi connectivity index (χ1) is 6.84.